The van der Waals surface area contributed by atoms with Gasteiger partial charge in [0.2, 0.25) is 5.13 Å². The fourth-order valence-electron chi connectivity index (χ4n) is 5.44. The number of rotatable bonds is 12. The van der Waals surface area contributed by atoms with Gasteiger partial charge in [0.05, 0.1) is 25.3 Å². The van der Waals surface area contributed by atoms with Crippen LogP contribution in [0, 0.1) is 6.92 Å². The van der Waals surface area contributed by atoms with E-state index in [0.29, 0.717) is 61.7 Å². The molecule has 1 amide bonds. The van der Waals surface area contributed by atoms with Gasteiger partial charge in [0.25, 0.3) is 5.78 Å². The van der Waals surface area contributed by atoms with Crippen LogP contribution in [-0.2, 0) is 21.9 Å². The molecule has 1 aliphatic heterocycles. The summed E-state index contributed by atoms with van der Waals surface area (Å²) < 4.78 is 17.8. The van der Waals surface area contributed by atoms with Gasteiger partial charge in [0.1, 0.15) is 18.1 Å². The molecule has 0 spiro atoms. The number of halogens is 2. The Bertz CT molecular complexity index is 2090. The number of aromatic nitrogens is 2. The Hall–Kier alpha value is -4.55. The number of carbonyl (C=O) groups excluding carboxylic acids is 2. The van der Waals surface area contributed by atoms with Crippen LogP contribution in [-0.4, -0.2) is 40.7 Å². The molecule has 4 aromatic carbocycles. The second-order valence-corrected chi connectivity index (χ2v) is 14.2. The summed E-state index contributed by atoms with van der Waals surface area (Å²) in [6.45, 7) is 4.65. The molecule has 0 saturated carbocycles. The van der Waals surface area contributed by atoms with Crippen LogP contribution in [0.4, 0.5) is 5.13 Å². The van der Waals surface area contributed by atoms with Gasteiger partial charge in [-0.1, -0.05) is 88.3 Å². The van der Waals surface area contributed by atoms with E-state index in [1.807, 2.05) is 44.2 Å². The first-order valence-corrected chi connectivity index (χ1v) is 18.0. The number of methoxy groups -OCH3 is 1. The number of carbonyl (C=O) groups is 2. The van der Waals surface area contributed by atoms with E-state index >= 15 is 0 Å². The predicted molar refractivity (Wildman–Crippen MR) is 197 cm³/mol. The number of Topliss-reactive ketones (excluding diaryl/α,β-unsaturated/α-hetero) is 1. The minimum Gasteiger partial charge on any atom is -0.507 e. The third-order valence-corrected chi connectivity index (χ3v) is 10.5. The number of ether oxygens (including phenoxy) is 3. The summed E-state index contributed by atoms with van der Waals surface area (Å²) in [5.41, 5.74) is 3.74. The Morgan fingerprint density at radius 3 is 2.48 bits per heavy atom. The minimum atomic E-state index is -1.05. The second-order valence-electron chi connectivity index (χ2n) is 11.2. The summed E-state index contributed by atoms with van der Waals surface area (Å²) in [6, 6.07) is 24.0. The first-order chi connectivity index (χ1) is 24.2. The largest absolute Gasteiger partial charge is 0.507 e. The molecule has 1 atom stereocenters. The fourth-order valence-corrected chi connectivity index (χ4v) is 7.87. The molecular weight excluding hydrogens is 717 g/mol. The zero-order valence-corrected chi connectivity index (χ0v) is 30.3. The van der Waals surface area contributed by atoms with Gasteiger partial charge in [0, 0.05) is 21.4 Å². The first kappa shape index (κ1) is 35.3. The predicted octanol–water partition coefficient (Wildman–Crippen LogP) is 9.06. The van der Waals surface area contributed by atoms with Crippen LogP contribution in [0.15, 0.2) is 94.8 Å². The van der Waals surface area contributed by atoms with Crippen molar-refractivity contribution < 1.29 is 28.9 Å². The van der Waals surface area contributed by atoms with Gasteiger partial charge in [-0.25, -0.2) is 0 Å². The average Bonchev–Trinajstić information content (AvgIpc) is 3.68. The van der Waals surface area contributed by atoms with Crippen LogP contribution >= 0.6 is 46.3 Å². The van der Waals surface area contributed by atoms with E-state index in [1.54, 1.807) is 54.6 Å². The molecule has 13 heteroatoms. The van der Waals surface area contributed by atoms with E-state index in [2.05, 4.69) is 10.2 Å². The number of thioether (sulfide) groups is 1. The number of nitrogens with zero attached hydrogens (tertiary/aromatic N) is 3. The van der Waals surface area contributed by atoms with Crippen molar-refractivity contribution in [3.8, 4) is 17.2 Å². The summed E-state index contributed by atoms with van der Waals surface area (Å²) in [6.07, 6.45) is 0. The maximum atomic E-state index is 13.8. The minimum absolute atomic E-state index is 0.105. The molecule has 5 aromatic rings. The summed E-state index contributed by atoms with van der Waals surface area (Å²) >= 11 is 14.9. The molecule has 6 rings (SSSR count). The SMILES string of the molecule is CCOc1ccc(C2C(=C(O)c3ccc(OCc4cccc(C)c4)cc3)C(=O)C(=O)N2c2nnc(SCc3ccc(Cl)cc3Cl)s2)cc1OC. The Morgan fingerprint density at radius 1 is 0.960 bits per heavy atom. The van der Waals surface area contributed by atoms with Crippen molar-refractivity contribution in [2.24, 2.45) is 0 Å². The van der Waals surface area contributed by atoms with E-state index in [4.69, 9.17) is 37.4 Å². The number of aliphatic hydroxyl groups is 1. The third kappa shape index (κ3) is 7.61. The highest BCUT2D eigenvalue weighted by atomic mass is 35.5. The van der Waals surface area contributed by atoms with Crippen LogP contribution in [0.25, 0.3) is 5.76 Å². The molecule has 1 aliphatic rings. The Kier molecular flexibility index (Phi) is 11.0. The normalized spacial score (nSPS) is 15.4. The number of amides is 1. The molecule has 256 valence electrons. The molecule has 1 N–H and O–H groups in total. The van der Waals surface area contributed by atoms with E-state index in [1.165, 1.54) is 23.8 Å². The molecule has 1 aromatic heterocycles. The summed E-state index contributed by atoms with van der Waals surface area (Å²) in [7, 11) is 1.50. The van der Waals surface area contributed by atoms with Crippen molar-refractivity contribution in [2.45, 2.75) is 36.6 Å². The smallest absolute Gasteiger partial charge is 0.301 e. The van der Waals surface area contributed by atoms with Gasteiger partial charge in [-0.05, 0) is 79.1 Å². The number of benzene rings is 4. The van der Waals surface area contributed by atoms with Crippen molar-refractivity contribution >= 4 is 68.9 Å². The standard InChI is InChI=1S/C37H31Cl2N3O6S2/c1-4-47-29-15-11-24(17-30(29)46-3)32-31(33(43)23-9-13-27(14-10-23)48-19-22-7-5-6-21(2)16-22)34(44)35(45)42(32)36-40-41-37(50-36)49-20-25-8-12-26(38)18-28(25)39/h5-18,32,43H,4,19-20H2,1-3H3. The first-order valence-electron chi connectivity index (χ1n) is 15.5. The molecular formula is C37H31Cl2N3O6S2. The Morgan fingerprint density at radius 2 is 1.76 bits per heavy atom. The summed E-state index contributed by atoms with van der Waals surface area (Å²) in [4.78, 5) is 28.8. The highest BCUT2D eigenvalue weighted by Crippen LogP contribution is 2.46. The van der Waals surface area contributed by atoms with Gasteiger partial charge in [-0.2, -0.15) is 0 Å². The van der Waals surface area contributed by atoms with Gasteiger partial charge in [-0.15, -0.1) is 10.2 Å². The van der Waals surface area contributed by atoms with Crippen LogP contribution in [0.3, 0.4) is 0 Å². The molecule has 1 unspecified atom stereocenters. The average molecular weight is 749 g/mol. The number of hydrogen-bond donors (Lipinski definition) is 1. The lowest BCUT2D eigenvalue weighted by Crippen LogP contribution is -2.29. The number of ketones is 1. The van der Waals surface area contributed by atoms with Crippen LogP contribution in [0.5, 0.6) is 17.2 Å². The van der Waals surface area contributed by atoms with Crippen molar-refractivity contribution in [3.05, 3.63) is 128 Å². The van der Waals surface area contributed by atoms with Crippen molar-refractivity contribution in [1.29, 1.82) is 0 Å². The molecule has 9 nitrogen and oxygen atoms in total. The lowest BCUT2D eigenvalue weighted by molar-refractivity contribution is -0.132. The highest BCUT2D eigenvalue weighted by molar-refractivity contribution is 8.00. The molecule has 2 heterocycles. The van der Waals surface area contributed by atoms with E-state index in [9.17, 15) is 14.7 Å². The third-order valence-electron chi connectivity index (χ3n) is 7.83. The number of aryl methyl sites for hydroxylation is 1. The zero-order chi connectivity index (χ0) is 35.4. The van der Waals surface area contributed by atoms with Crippen molar-refractivity contribution in [2.75, 3.05) is 18.6 Å². The van der Waals surface area contributed by atoms with Crippen LogP contribution in [0.1, 0.15) is 40.8 Å². The maximum absolute atomic E-state index is 13.8. The summed E-state index contributed by atoms with van der Waals surface area (Å²) in [5, 5.41) is 21.5. The fraction of sp³-hybridized carbons (Fsp3) is 0.189. The lowest BCUT2D eigenvalue weighted by Gasteiger charge is -2.23. The number of aliphatic hydroxyl groups excluding tert-OH is 1. The van der Waals surface area contributed by atoms with E-state index < -0.39 is 17.7 Å². The Balaban J connectivity index is 1.34. The van der Waals surface area contributed by atoms with Gasteiger partial charge < -0.3 is 19.3 Å². The molecule has 0 bridgehead atoms. The van der Waals surface area contributed by atoms with Crippen LogP contribution < -0.4 is 19.1 Å². The van der Waals surface area contributed by atoms with Gasteiger partial charge in [-0.3, -0.25) is 14.5 Å². The lowest BCUT2D eigenvalue weighted by atomic mass is 9.95. The van der Waals surface area contributed by atoms with Crippen molar-refractivity contribution in [3.63, 3.8) is 0 Å². The molecule has 0 aliphatic carbocycles. The summed E-state index contributed by atoms with van der Waals surface area (Å²) in [5.74, 6) is -0.104. The Labute approximate surface area is 307 Å². The van der Waals surface area contributed by atoms with E-state index in [0.717, 1.165) is 28.0 Å². The van der Waals surface area contributed by atoms with Crippen molar-refractivity contribution in [1.82, 2.24) is 10.2 Å². The number of anilines is 1. The number of hydrogen-bond acceptors (Lipinski definition) is 10. The monoisotopic (exact) mass is 747 g/mol. The van der Waals surface area contributed by atoms with Gasteiger partial charge >= 0.3 is 5.91 Å². The van der Waals surface area contributed by atoms with E-state index in [-0.39, 0.29) is 16.5 Å². The van der Waals surface area contributed by atoms with Gasteiger partial charge in [0.15, 0.2) is 15.8 Å². The molecule has 0 radical (unpaired) electrons. The second kappa shape index (κ2) is 15.6. The maximum Gasteiger partial charge on any atom is 0.301 e. The molecule has 1 fully saturated rings. The molecule has 50 heavy (non-hydrogen) atoms. The quantitative estimate of drug-likeness (QED) is 0.0439. The topological polar surface area (TPSA) is 111 Å². The zero-order valence-electron chi connectivity index (χ0n) is 27.2. The van der Waals surface area contributed by atoms with Crippen LogP contribution in [0.2, 0.25) is 10.0 Å². The highest BCUT2D eigenvalue weighted by Gasteiger charge is 2.48. The molecule has 1 saturated heterocycles.